The highest BCUT2D eigenvalue weighted by Crippen LogP contribution is 2.28. The summed E-state index contributed by atoms with van der Waals surface area (Å²) < 4.78 is 7.35. The van der Waals surface area contributed by atoms with Crippen LogP contribution in [-0.2, 0) is 9.59 Å². The number of ether oxygens (including phenoxy) is 1. The van der Waals surface area contributed by atoms with Crippen LogP contribution in [0.4, 0.5) is 0 Å². The van der Waals surface area contributed by atoms with Gasteiger partial charge in [-0.15, -0.1) is 0 Å². The summed E-state index contributed by atoms with van der Waals surface area (Å²) in [6, 6.07) is 6.83. The monoisotopic (exact) mass is 385 g/mol. The maximum atomic E-state index is 12.6. The lowest BCUT2D eigenvalue weighted by atomic mass is 10.0. The molecule has 1 aromatic carbocycles. The molecule has 8 nitrogen and oxygen atoms in total. The zero-order valence-electron chi connectivity index (χ0n) is 16.4. The van der Waals surface area contributed by atoms with Crippen molar-refractivity contribution in [3.8, 4) is 5.75 Å². The Balaban J connectivity index is 1.66. The van der Waals surface area contributed by atoms with Crippen LogP contribution in [0, 0.1) is 0 Å². The highest BCUT2D eigenvalue weighted by Gasteiger charge is 2.23. The van der Waals surface area contributed by atoms with E-state index in [1.807, 2.05) is 36.1 Å². The predicted octanol–water partition coefficient (Wildman–Crippen LogP) is 2.11. The minimum Gasteiger partial charge on any atom is -0.483 e. The number of carbonyl (C=O) groups is 2. The Labute approximate surface area is 164 Å². The highest BCUT2D eigenvalue weighted by atomic mass is 16.5. The topological polar surface area (TPSA) is 89.4 Å². The van der Waals surface area contributed by atoms with Crippen LogP contribution in [0.3, 0.4) is 0 Å². The number of hydrogen-bond donors (Lipinski definition) is 1. The van der Waals surface area contributed by atoms with Gasteiger partial charge in [-0.1, -0.05) is 25.1 Å². The van der Waals surface area contributed by atoms with Crippen molar-refractivity contribution in [1.29, 1.82) is 0 Å². The number of nitrogens with zero attached hydrogens (tertiary/aromatic N) is 4. The Hall–Kier alpha value is -2.90. The number of aromatic nitrogens is 3. The van der Waals surface area contributed by atoms with E-state index in [0.717, 1.165) is 31.5 Å². The van der Waals surface area contributed by atoms with E-state index in [2.05, 4.69) is 15.4 Å². The molecule has 1 aliphatic rings. The molecule has 2 amide bonds. The van der Waals surface area contributed by atoms with Crippen molar-refractivity contribution in [2.45, 2.75) is 45.2 Å². The molecule has 150 valence electrons. The smallest absolute Gasteiger partial charge is 0.260 e. The molecule has 1 aromatic heterocycles. The van der Waals surface area contributed by atoms with Crippen LogP contribution in [0.25, 0.3) is 0 Å². The number of carbonyl (C=O) groups excluding carboxylic acids is 2. The second kappa shape index (κ2) is 9.34. The Morgan fingerprint density at radius 3 is 2.68 bits per heavy atom. The van der Waals surface area contributed by atoms with E-state index in [0.29, 0.717) is 12.2 Å². The van der Waals surface area contributed by atoms with Gasteiger partial charge in [0, 0.05) is 18.7 Å². The predicted molar refractivity (Wildman–Crippen MR) is 104 cm³/mol. The molecule has 2 aromatic rings. The lowest BCUT2D eigenvalue weighted by Crippen LogP contribution is -2.35. The Morgan fingerprint density at radius 2 is 2.00 bits per heavy atom. The van der Waals surface area contributed by atoms with Crippen molar-refractivity contribution in [3.05, 3.63) is 42.5 Å². The summed E-state index contributed by atoms with van der Waals surface area (Å²) in [6.07, 6.45) is 5.72. The molecule has 3 rings (SSSR count). The lowest BCUT2D eigenvalue weighted by molar-refractivity contribution is -0.132. The number of para-hydroxylation sites is 1. The summed E-state index contributed by atoms with van der Waals surface area (Å²) in [6.45, 7) is 5.39. The fourth-order valence-corrected chi connectivity index (χ4v) is 3.33. The highest BCUT2D eigenvalue weighted by molar-refractivity contribution is 5.80. The molecular weight excluding hydrogens is 358 g/mol. The van der Waals surface area contributed by atoms with E-state index >= 15 is 0 Å². The molecule has 2 unspecified atom stereocenters. The van der Waals surface area contributed by atoms with Gasteiger partial charge in [0.05, 0.1) is 6.04 Å². The summed E-state index contributed by atoms with van der Waals surface area (Å²) in [5, 5.41) is 7.08. The van der Waals surface area contributed by atoms with Gasteiger partial charge in [-0.2, -0.15) is 5.10 Å². The zero-order valence-corrected chi connectivity index (χ0v) is 16.4. The number of rotatable bonds is 8. The molecule has 1 fully saturated rings. The van der Waals surface area contributed by atoms with Crippen LogP contribution in [0.2, 0.25) is 0 Å². The molecule has 0 saturated carbocycles. The van der Waals surface area contributed by atoms with Crippen LogP contribution in [0.5, 0.6) is 5.75 Å². The second-order valence-corrected chi connectivity index (χ2v) is 6.94. The first-order chi connectivity index (χ1) is 13.6. The van der Waals surface area contributed by atoms with Crippen molar-refractivity contribution in [3.63, 3.8) is 0 Å². The fourth-order valence-electron chi connectivity index (χ4n) is 3.33. The fraction of sp³-hybridized carbons (Fsp3) is 0.500. The molecule has 1 saturated heterocycles. The van der Waals surface area contributed by atoms with Gasteiger partial charge in [0.2, 0.25) is 5.91 Å². The molecule has 0 aliphatic carbocycles. The minimum atomic E-state index is -0.471. The van der Waals surface area contributed by atoms with Crippen molar-refractivity contribution >= 4 is 11.8 Å². The van der Waals surface area contributed by atoms with Crippen molar-refractivity contribution in [2.24, 2.45) is 0 Å². The van der Waals surface area contributed by atoms with Gasteiger partial charge < -0.3 is 15.0 Å². The normalized spacial score (nSPS) is 15.9. The molecule has 0 spiro atoms. The van der Waals surface area contributed by atoms with Gasteiger partial charge in [0.25, 0.3) is 5.91 Å². The number of amides is 2. The molecule has 28 heavy (non-hydrogen) atoms. The van der Waals surface area contributed by atoms with Crippen LogP contribution in [0.1, 0.15) is 50.8 Å². The number of nitrogens with one attached hydrogen (secondary N) is 1. The Bertz CT molecular complexity index is 787. The minimum absolute atomic E-state index is 0.00388. The van der Waals surface area contributed by atoms with E-state index in [1.54, 1.807) is 6.92 Å². The third kappa shape index (κ3) is 4.68. The van der Waals surface area contributed by atoms with Gasteiger partial charge in [-0.05, 0) is 32.3 Å². The average molecular weight is 385 g/mol. The molecule has 2 atom stereocenters. The molecule has 0 radical (unpaired) electrons. The zero-order chi connectivity index (χ0) is 19.9. The third-order valence-electron chi connectivity index (χ3n) is 5.04. The quantitative estimate of drug-likeness (QED) is 0.752. The van der Waals surface area contributed by atoms with Crippen LogP contribution < -0.4 is 10.1 Å². The van der Waals surface area contributed by atoms with Gasteiger partial charge in [-0.25, -0.2) is 9.67 Å². The van der Waals surface area contributed by atoms with Gasteiger partial charge in [0.1, 0.15) is 24.4 Å². The van der Waals surface area contributed by atoms with Crippen molar-refractivity contribution in [1.82, 2.24) is 25.0 Å². The largest absolute Gasteiger partial charge is 0.483 e. The van der Waals surface area contributed by atoms with Crippen LogP contribution in [-0.4, -0.2) is 51.2 Å². The number of likely N-dealkylation sites (tertiary alicyclic amines) is 1. The maximum absolute atomic E-state index is 12.6. The SMILES string of the molecule is CCC(NC(=O)C(C)n1cncn1)c1ccccc1OCC(=O)N1CCCC1. The molecule has 8 heteroatoms. The summed E-state index contributed by atoms with van der Waals surface area (Å²) in [5.74, 6) is 0.472. The molecular formula is C20H27N5O3. The molecule has 2 heterocycles. The van der Waals surface area contributed by atoms with E-state index in [-0.39, 0.29) is 24.5 Å². The summed E-state index contributed by atoms with van der Waals surface area (Å²) in [7, 11) is 0. The van der Waals surface area contributed by atoms with E-state index < -0.39 is 6.04 Å². The van der Waals surface area contributed by atoms with Gasteiger partial charge in [-0.3, -0.25) is 9.59 Å². The van der Waals surface area contributed by atoms with Gasteiger partial charge >= 0.3 is 0 Å². The van der Waals surface area contributed by atoms with Crippen molar-refractivity contribution in [2.75, 3.05) is 19.7 Å². The Morgan fingerprint density at radius 1 is 1.25 bits per heavy atom. The summed E-state index contributed by atoms with van der Waals surface area (Å²) in [4.78, 5) is 30.6. The lowest BCUT2D eigenvalue weighted by Gasteiger charge is -2.23. The first-order valence-electron chi connectivity index (χ1n) is 9.74. The molecule has 1 aliphatic heterocycles. The van der Waals surface area contributed by atoms with E-state index in [4.69, 9.17) is 4.74 Å². The standard InChI is InChI=1S/C20H27N5O3/c1-3-17(23-20(27)15(2)25-14-21-13-22-25)16-8-4-5-9-18(16)28-12-19(26)24-10-6-7-11-24/h4-5,8-9,13-15,17H,3,6-7,10-12H2,1-2H3,(H,23,27). The first-order valence-corrected chi connectivity index (χ1v) is 9.74. The Kier molecular flexibility index (Phi) is 6.62. The summed E-state index contributed by atoms with van der Waals surface area (Å²) >= 11 is 0. The summed E-state index contributed by atoms with van der Waals surface area (Å²) in [5.41, 5.74) is 0.860. The van der Waals surface area contributed by atoms with E-state index in [1.165, 1.54) is 17.3 Å². The van der Waals surface area contributed by atoms with Crippen LogP contribution >= 0.6 is 0 Å². The molecule has 1 N–H and O–H groups in total. The number of hydrogen-bond acceptors (Lipinski definition) is 5. The third-order valence-corrected chi connectivity index (χ3v) is 5.04. The van der Waals surface area contributed by atoms with Crippen molar-refractivity contribution < 1.29 is 14.3 Å². The maximum Gasteiger partial charge on any atom is 0.260 e. The van der Waals surface area contributed by atoms with Gasteiger partial charge in [0.15, 0.2) is 6.61 Å². The number of benzene rings is 1. The molecule has 0 bridgehead atoms. The van der Waals surface area contributed by atoms with Crippen LogP contribution in [0.15, 0.2) is 36.9 Å². The second-order valence-electron chi connectivity index (χ2n) is 6.94. The van der Waals surface area contributed by atoms with E-state index in [9.17, 15) is 9.59 Å². The average Bonchev–Trinajstić information content (AvgIpc) is 3.44. The first kappa shape index (κ1) is 19.9.